The first-order valence-electron chi connectivity index (χ1n) is 10.6. The molecular weight excluding hydrogens is 416 g/mol. The summed E-state index contributed by atoms with van der Waals surface area (Å²) in [6.45, 7) is 8.51. The van der Waals surface area contributed by atoms with Crippen LogP contribution in [-0.2, 0) is 9.53 Å². The van der Waals surface area contributed by atoms with Crippen molar-refractivity contribution in [3.63, 3.8) is 0 Å². The predicted octanol–water partition coefficient (Wildman–Crippen LogP) is 4.43. The summed E-state index contributed by atoms with van der Waals surface area (Å²) >= 11 is 1.61. The number of nitrogens with one attached hydrogen (secondary N) is 1. The second-order valence-corrected chi connectivity index (χ2v) is 8.06. The van der Waals surface area contributed by atoms with E-state index in [-0.39, 0.29) is 12.6 Å². The Morgan fingerprint density at radius 1 is 1.23 bits per heavy atom. The highest BCUT2D eigenvalue weighted by Crippen LogP contribution is 2.39. The number of esters is 1. The highest BCUT2D eigenvalue weighted by molar-refractivity contribution is 7.99. The summed E-state index contributed by atoms with van der Waals surface area (Å²) < 4.78 is 18.3. The van der Waals surface area contributed by atoms with Crippen LogP contribution >= 0.6 is 11.8 Å². The zero-order valence-corrected chi connectivity index (χ0v) is 19.5. The zero-order chi connectivity index (χ0) is 22.4. The first-order valence-corrected chi connectivity index (χ1v) is 11.6. The summed E-state index contributed by atoms with van der Waals surface area (Å²) in [6, 6.07) is 5.15. The summed E-state index contributed by atoms with van der Waals surface area (Å²) in [6.07, 6.45) is 2.20. The summed E-state index contributed by atoms with van der Waals surface area (Å²) in [5, 5.41) is 8.62. The number of unbranched alkanes of at least 4 members (excludes halogenated alkanes) is 1. The number of thioether (sulfide) groups is 1. The lowest BCUT2D eigenvalue weighted by molar-refractivity contribution is -0.139. The number of benzene rings is 1. The van der Waals surface area contributed by atoms with Crippen molar-refractivity contribution in [2.75, 3.05) is 31.4 Å². The molecule has 0 radical (unpaired) electrons. The number of hydrogen-bond donors (Lipinski definition) is 1. The molecule has 0 saturated heterocycles. The molecule has 2 aromatic rings. The summed E-state index contributed by atoms with van der Waals surface area (Å²) in [5.41, 5.74) is 2.03. The summed E-state index contributed by atoms with van der Waals surface area (Å²) in [4.78, 5) is 17.6. The van der Waals surface area contributed by atoms with E-state index < -0.39 is 6.04 Å². The lowest BCUT2D eigenvalue weighted by atomic mass is 9.95. The average Bonchev–Trinajstić information content (AvgIpc) is 3.15. The molecule has 1 aromatic carbocycles. The quantitative estimate of drug-likeness (QED) is 0.326. The molecular formula is C22H30N4O4S. The van der Waals surface area contributed by atoms with Gasteiger partial charge in [0.25, 0.3) is 0 Å². The third kappa shape index (κ3) is 4.98. The van der Waals surface area contributed by atoms with Crippen LogP contribution in [0, 0.1) is 0 Å². The molecule has 168 valence electrons. The third-order valence-electron chi connectivity index (χ3n) is 4.86. The fourth-order valence-corrected chi connectivity index (χ4v) is 4.33. The van der Waals surface area contributed by atoms with Crippen LogP contribution in [0.25, 0.3) is 0 Å². The molecule has 1 aromatic heterocycles. The molecule has 0 aliphatic carbocycles. The summed E-state index contributed by atoms with van der Waals surface area (Å²) in [7, 11) is 1.60. The fourth-order valence-electron chi connectivity index (χ4n) is 3.41. The van der Waals surface area contributed by atoms with E-state index in [0.29, 0.717) is 40.5 Å². The number of rotatable bonds is 10. The Morgan fingerprint density at radius 3 is 2.71 bits per heavy atom. The average molecular weight is 447 g/mol. The molecule has 0 fully saturated rings. The van der Waals surface area contributed by atoms with Crippen molar-refractivity contribution in [3.8, 4) is 11.5 Å². The van der Waals surface area contributed by atoms with E-state index in [1.165, 1.54) is 0 Å². The first kappa shape index (κ1) is 23.0. The predicted molar refractivity (Wildman–Crippen MR) is 121 cm³/mol. The largest absolute Gasteiger partial charge is 0.493 e. The van der Waals surface area contributed by atoms with E-state index in [1.807, 2.05) is 32.0 Å². The van der Waals surface area contributed by atoms with E-state index >= 15 is 0 Å². The van der Waals surface area contributed by atoms with Crippen LogP contribution in [0.1, 0.15) is 52.1 Å². The van der Waals surface area contributed by atoms with Crippen molar-refractivity contribution >= 4 is 23.7 Å². The molecule has 1 N–H and O–H groups in total. The van der Waals surface area contributed by atoms with Gasteiger partial charge in [0.05, 0.1) is 25.9 Å². The van der Waals surface area contributed by atoms with Crippen molar-refractivity contribution in [1.82, 2.24) is 14.8 Å². The Hall–Kier alpha value is -2.68. The number of carbonyl (C=O) groups excluding carboxylic acids is 1. The van der Waals surface area contributed by atoms with E-state index in [0.717, 1.165) is 24.2 Å². The van der Waals surface area contributed by atoms with Crippen molar-refractivity contribution in [2.24, 2.45) is 0 Å². The minimum atomic E-state index is -0.492. The van der Waals surface area contributed by atoms with E-state index in [9.17, 15) is 4.79 Å². The molecule has 2 heterocycles. The number of anilines is 1. The molecule has 31 heavy (non-hydrogen) atoms. The molecule has 0 saturated carbocycles. The van der Waals surface area contributed by atoms with Gasteiger partial charge in [-0.25, -0.2) is 9.48 Å². The zero-order valence-electron chi connectivity index (χ0n) is 18.7. The van der Waals surface area contributed by atoms with Crippen LogP contribution in [-0.4, -0.2) is 46.8 Å². The van der Waals surface area contributed by atoms with Gasteiger partial charge >= 0.3 is 5.97 Å². The third-order valence-corrected chi connectivity index (χ3v) is 5.78. The van der Waals surface area contributed by atoms with Crippen LogP contribution in [0.4, 0.5) is 5.95 Å². The smallest absolute Gasteiger partial charge is 0.338 e. The molecule has 3 rings (SSSR count). The fraction of sp³-hybridized carbons (Fsp3) is 0.500. The van der Waals surface area contributed by atoms with Crippen molar-refractivity contribution in [3.05, 3.63) is 35.0 Å². The lowest BCUT2D eigenvalue weighted by Crippen LogP contribution is -2.29. The maximum absolute atomic E-state index is 12.9. The van der Waals surface area contributed by atoms with Crippen molar-refractivity contribution in [1.29, 1.82) is 0 Å². The van der Waals surface area contributed by atoms with Crippen molar-refractivity contribution in [2.45, 2.75) is 51.7 Å². The Bertz CT molecular complexity index is 957. The standard InChI is InChI=1S/C22H30N4O4S/c1-6-9-12-31-22-24-21-23-14(4)18(20(27)30-8-3)19(26(21)25-22)15-10-11-16(28-5)17(13-15)29-7-2/h10-11,13,19H,6-9,12H2,1-5H3,(H,23,24,25). The number of methoxy groups -OCH3 is 1. The normalized spacial score (nSPS) is 15.3. The molecule has 0 spiro atoms. The lowest BCUT2D eigenvalue weighted by Gasteiger charge is -2.28. The molecule has 1 aliphatic heterocycles. The maximum atomic E-state index is 12.9. The number of fused-ring (bicyclic) bond motifs is 1. The van der Waals surface area contributed by atoms with Gasteiger partial charge in [0, 0.05) is 11.4 Å². The maximum Gasteiger partial charge on any atom is 0.338 e. The second-order valence-electron chi connectivity index (χ2n) is 6.99. The minimum absolute atomic E-state index is 0.289. The van der Waals surface area contributed by atoms with Crippen LogP contribution in [0.5, 0.6) is 11.5 Å². The number of carbonyl (C=O) groups is 1. The van der Waals surface area contributed by atoms with E-state index in [2.05, 4.69) is 17.2 Å². The number of hydrogen-bond acceptors (Lipinski definition) is 8. The molecule has 1 aliphatic rings. The van der Waals surface area contributed by atoms with Crippen LogP contribution in [0.15, 0.2) is 34.6 Å². The molecule has 0 bridgehead atoms. The number of allylic oxidation sites excluding steroid dienone is 1. The minimum Gasteiger partial charge on any atom is -0.493 e. The molecule has 0 amide bonds. The van der Waals surface area contributed by atoms with E-state index in [1.54, 1.807) is 30.5 Å². The van der Waals surface area contributed by atoms with Gasteiger partial charge in [-0.2, -0.15) is 4.98 Å². The van der Waals surface area contributed by atoms with Gasteiger partial charge in [-0.05, 0) is 44.9 Å². The van der Waals surface area contributed by atoms with Gasteiger partial charge in [0.15, 0.2) is 11.5 Å². The summed E-state index contributed by atoms with van der Waals surface area (Å²) in [5.74, 6) is 2.41. The van der Waals surface area contributed by atoms with Gasteiger partial charge < -0.3 is 19.5 Å². The molecule has 9 heteroatoms. The van der Waals surface area contributed by atoms with E-state index in [4.69, 9.17) is 19.3 Å². The van der Waals surface area contributed by atoms with Gasteiger partial charge in [-0.3, -0.25) is 0 Å². The number of aromatic nitrogens is 3. The first-order chi connectivity index (χ1) is 15.0. The highest BCUT2D eigenvalue weighted by Gasteiger charge is 2.35. The Kier molecular flexibility index (Phi) is 7.84. The molecule has 1 unspecified atom stereocenters. The highest BCUT2D eigenvalue weighted by atomic mass is 32.2. The van der Waals surface area contributed by atoms with Crippen LogP contribution in [0.3, 0.4) is 0 Å². The monoisotopic (exact) mass is 446 g/mol. The van der Waals surface area contributed by atoms with Crippen molar-refractivity contribution < 1.29 is 19.0 Å². The van der Waals surface area contributed by atoms with Gasteiger partial charge in [0.1, 0.15) is 6.04 Å². The Balaban J connectivity index is 2.09. The van der Waals surface area contributed by atoms with Crippen LogP contribution in [0.2, 0.25) is 0 Å². The number of nitrogens with zero attached hydrogens (tertiary/aromatic N) is 3. The van der Waals surface area contributed by atoms with Gasteiger partial charge in [-0.1, -0.05) is 31.2 Å². The van der Waals surface area contributed by atoms with Gasteiger partial charge in [0.2, 0.25) is 11.1 Å². The van der Waals surface area contributed by atoms with Gasteiger partial charge in [-0.15, -0.1) is 5.10 Å². The molecule has 8 nitrogen and oxygen atoms in total. The second kappa shape index (κ2) is 10.6. The number of ether oxygens (including phenoxy) is 3. The SMILES string of the molecule is CCCCSc1nc2n(n1)C(c1ccc(OC)c(OCC)c1)C(C(=O)OCC)=C(C)N2. The Labute approximate surface area is 187 Å². The topological polar surface area (TPSA) is 87.5 Å². The molecule has 1 atom stereocenters. The van der Waals surface area contributed by atoms with Crippen LogP contribution < -0.4 is 14.8 Å². The Morgan fingerprint density at radius 2 is 2.03 bits per heavy atom.